The Morgan fingerprint density at radius 3 is 2.59 bits per heavy atom. The SMILES string of the molecule is CC(C)(C)OC(=O)NC1CNCCC1C(=O)O. The molecule has 3 N–H and O–H groups in total. The van der Waals surface area contributed by atoms with Gasteiger partial charge in [-0.25, -0.2) is 4.79 Å². The lowest BCUT2D eigenvalue weighted by Crippen LogP contribution is -2.54. The molecule has 17 heavy (non-hydrogen) atoms. The van der Waals surface area contributed by atoms with Crippen LogP contribution in [0.1, 0.15) is 27.2 Å². The molecule has 0 saturated carbocycles. The molecule has 1 aliphatic rings. The number of hydrogen-bond donors (Lipinski definition) is 3. The molecule has 0 aromatic heterocycles. The van der Waals surface area contributed by atoms with Crippen molar-refractivity contribution in [2.45, 2.75) is 38.8 Å². The molecule has 1 fully saturated rings. The van der Waals surface area contributed by atoms with Crippen LogP contribution in [0.2, 0.25) is 0 Å². The third kappa shape index (κ3) is 4.60. The molecule has 1 saturated heterocycles. The number of rotatable bonds is 2. The number of aliphatic carboxylic acids is 1. The standard InChI is InChI=1S/C11H20N2O4/c1-11(2,3)17-10(16)13-8-6-12-5-4-7(8)9(14)15/h7-8,12H,4-6H2,1-3H3,(H,13,16)(H,14,15). The number of ether oxygens (including phenoxy) is 1. The summed E-state index contributed by atoms with van der Waals surface area (Å²) < 4.78 is 5.10. The van der Waals surface area contributed by atoms with Crippen molar-refractivity contribution in [3.05, 3.63) is 0 Å². The predicted octanol–water partition coefficient (Wildman–Crippen LogP) is 0.574. The largest absolute Gasteiger partial charge is 0.481 e. The van der Waals surface area contributed by atoms with Gasteiger partial charge in [0.15, 0.2) is 0 Å². The summed E-state index contributed by atoms with van der Waals surface area (Å²) >= 11 is 0. The Morgan fingerprint density at radius 1 is 1.41 bits per heavy atom. The monoisotopic (exact) mass is 244 g/mol. The van der Waals surface area contributed by atoms with Gasteiger partial charge in [-0.3, -0.25) is 4.79 Å². The number of carboxylic acid groups (broad SMARTS) is 1. The van der Waals surface area contributed by atoms with E-state index in [1.54, 1.807) is 20.8 Å². The molecule has 0 aliphatic carbocycles. The summed E-state index contributed by atoms with van der Waals surface area (Å²) in [5, 5.41) is 14.7. The Labute approximate surface area is 101 Å². The number of hydrogen-bond acceptors (Lipinski definition) is 4. The van der Waals surface area contributed by atoms with Gasteiger partial charge in [0.2, 0.25) is 0 Å². The van der Waals surface area contributed by atoms with Gasteiger partial charge in [-0.05, 0) is 33.7 Å². The van der Waals surface area contributed by atoms with Crippen molar-refractivity contribution in [3.63, 3.8) is 0 Å². The molecular formula is C11H20N2O4. The van der Waals surface area contributed by atoms with Crippen LogP contribution in [-0.4, -0.2) is 41.9 Å². The van der Waals surface area contributed by atoms with E-state index < -0.39 is 29.6 Å². The first-order valence-electron chi connectivity index (χ1n) is 5.72. The van der Waals surface area contributed by atoms with Gasteiger partial charge in [0, 0.05) is 6.54 Å². The molecule has 0 bridgehead atoms. The van der Waals surface area contributed by atoms with Gasteiger partial charge < -0.3 is 20.5 Å². The summed E-state index contributed by atoms with van der Waals surface area (Å²) in [7, 11) is 0. The average molecular weight is 244 g/mol. The van der Waals surface area contributed by atoms with Gasteiger partial charge in [-0.1, -0.05) is 0 Å². The fourth-order valence-corrected chi connectivity index (χ4v) is 1.76. The average Bonchev–Trinajstić information content (AvgIpc) is 2.14. The van der Waals surface area contributed by atoms with Gasteiger partial charge in [-0.2, -0.15) is 0 Å². The minimum atomic E-state index is -0.882. The molecule has 1 heterocycles. The highest BCUT2D eigenvalue weighted by molar-refractivity contribution is 5.74. The van der Waals surface area contributed by atoms with E-state index in [4.69, 9.17) is 9.84 Å². The van der Waals surface area contributed by atoms with E-state index in [9.17, 15) is 9.59 Å². The van der Waals surface area contributed by atoms with Crippen LogP contribution in [0.25, 0.3) is 0 Å². The van der Waals surface area contributed by atoms with Crippen LogP contribution in [0.4, 0.5) is 4.79 Å². The normalized spacial score (nSPS) is 25.1. The Balaban J connectivity index is 2.53. The van der Waals surface area contributed by atoms with Crippen LogP contribution in [0, 0.1) is 5.92 Å². The molecular weight excluding hydrogens is 224 g/mol. The molecule has 0 radical (unpaired) electrons. The number of carboxylic acids is 1. The Bertz CT molecular complexity index is 298. The zero-order valence-electron chi connectivity index (χ0n) is 10.4. The van der Waals surface area contributed by atoms with Gasteiger partial charge in [0.25, 0.3) is 0 Å². The summed E-state index contributed by atoms with van der Waals surface area (Å²) in [4.78, 5) is 22.6. The minimum Gasteiger partial charge on any atom is -0.481 e. The Kier molecular flexibility index (Phi) is 4.34. The van der Waals surface area contributed by atoms with Crippen molar-refractivity contribution in [2.24, 2.45) is 5.92 Å². The molecule has 2 unspecified atom stereocenters. The molecule has 1 aliphatic heterocycles. The fraction of sp³-hybridized carbons (Fsp3) is 0.818. The second kappa shape index (κ2) is 5.35. The number of amides is 1. The highest BCUT2D eigenvalue weighted by atomic mass is 16.6. The zero-order valence-corrected chi connectivity index (χ0v) is 10.4. The van der Waals surface area contributed by atoms with E-state index in [1.807, 2.05) is 0 Å². The molecule has 0 aromatic carbocycles. The molecule has 6 nitrogen and oxygen atoms in total. The third-order valence-corrected chi connectivity index (χ3v) is 2.50. The first-order valence-corrected chi connectivity index (χ1v) is 5.72. The number of alkyl carbamates (subject to hydrolysis) is 1. The zero-order chi connectivity index (χ0) is 13.1. The molecule has 98 valence electrons. The van der Waals surface area contributed by atoms with Crippen LogP contribution in [0.15, 0.2) is 0 Å². The summed E-state index contributed by atoms with van der Waals surface area (Å²) in [6.07, 6.45) is -0.0621. The van der Waals surface area contributed by atoms with Crippen molar-refractivity contribution >= 4 is 12.1 Å². The van der Waals surface area contributed by atoms with Crippen molar-refractivity contribution in [3.8, 4) is 0 Å². The number of piperidine rings is 1. The molecule has 0 spiro atoms. The van der Waals surface area contributed by atoms with Crippen molar-refractivity contribution in [1.29, 1.82) is 0 Å². The van der Waals surface area contributed by atoms with Crippen LogP contribution in [0.5, 0.6) is 0 Å². The number of nitrogens with one attached hydrogen (secondary N) is 2. The van der Waals surface area contributed by atoms with E-state index in [2.05, 4.69) is 10.6 Å². The lowest BCUT2D eigenvalue weighted by atomic mass is 9.93. The van der Waals surface area contributed by atoms with Gasteiger partial charge in [0.05, 0.1) is 12.0 Å². The van der Waals surface area contributed by atoms with E-state index in [1.165, 1.54) is 0 Å². The smallest absolute Gasteiger partial charge is 0.407 e. The summed E-state index contributed by atoms with van der Waals surface area (Å²) in [6, 6.07) is -0.420. The van der Waals surface area contributed by atoms with E-state index in [0.29, 0.717) is 19.5 Å². The third-order valence-electron chi connectivity index (χ3n) is 2.50. The predicted molar refractivity (Wildman–Crippen MR) is 61.8 cm³/mol. The van der Waals surface area contributed by atoms with Crippen LogP contribution < -0.4 is 10.6 Å². The first-order chi connectivity index (χ1) is 7.79. The maximum atomic E-state index is 11.5. The van der Waals surface area contributed by atoms with Crippen molar-refractivity contribution < 1.29 is 19.4 Å². The Morgan fingerprint density at radius 2 is 2.06 bits per heavy atom. The second-order valence-corrected chi connectivity index (χ2v) is 5.19. The van der Waals surface area contributed by atoms with E-state index in [0.717, 1.165) is 0 Å². The van der Waals surface area contributed by atoms with Gasteiger partial charge >= 0.3 is 12.1 Å². The number of carbonyl (C=O) groups is 2. The molecule has 6 heteroatoms. The van der Waals surface area contributed by atoms with E-state index >= 15 is 0 Å². The van der Waals surface area contributed by atoms with Crippen molar-refractivity contribution in [1.82, 2.24) is 10.6 Å². The van der Waals surface area contributed by atoms with Crippen LogP contribution >= 0.6 is 0 Å². The lowest BCUT2D eigenvalue weighted by molar-refractivity contribution is -0.143. The molecule has 1 rings (SSSR count). The second-order valence-electron chi connectivity index (χ2n) is 5.19. The highest BCUT2D eigenvalue weighted by Gasteiger charge is 2.32. The van der Waals surface area contributed by atoms with E-state index in [-0.39, 0.29) is 0 Å². The summed E-state index contributed by atoms with van der Waals surface area (Å²) in [5.74, 6) is -1.43. The molecule has 1 amide bonds. The maximum Gasteiger partial charge on any atom is 0.407 e. The highest BCUT2D eigenvalue weighted by Crippen LogP contribution is 2.14. The first kappa shape index (κ1) is 13.8. The topological polar surface area (TPSA) is 87.7 Å². The van der Waals surface area contributed by atoms with Crippen LogP contribution in [0.3, 0.4) is 0 Å². The molecule has 2 atom stereocenters. The van der Waals surface area contributed by atoms with Gasteiger partial charge in [0.1, 0.15) is 5.60 Å². The van der Waals surface area contributed by atoms with Crippen LogP contribution in [-0.2, 0) is 9.53 Å². The fourth-order valence-electron chi connectivity index (χ4n) is 1.76. The van der Waals surface area contributed by atoms with Crippen molar-refractivity contribution in [2.75, 3.05) is 13.1 Å². The summed E-state index contributed by atoms with van der Waals surface area (Å²) in [6.45, 7) is 6.40. The Hall–Kier alpha value is -1.30. The molecule has 0 aromatic rings. The quantitative estimate of drug-likeness (QED) is 0.661. The maximum absolute atomic E-state index is 11.5. The minimum absolute atomic E-state index is 0.420. The van der Waals surface area contributed by atoms with Gasteiger partial charge in [-0.15, -0.1) is 0 Å². The number of carbonyl (C=O) groups excluding carboxylic acids is 1. The lowest BCUT2D eigenvalue weighted by Gasteiger charge is -2.30. The summed E-state index contributed by atoms with van der Waals surface area (Å²) in [5.41, 5.74) is -0.578.